The Morgan fingerprint density at radius 2 is 2.27 bits per heavy atom. The van der Waals surface area contributed by atoms with Crippen LogP contribution < -0.4 is 0 Å². The number of carbonyl (C=O) groups is 1. The lowest BCUT2D eigenvalue weighted by Crippen LogP contribution is -2.12. The highest BCUT2D eigenvalue weighted by Crippen LogP contribution is 2.41. The zero-order chi connectivity index (χ0) is 15.1. The number of thioether (sulfide) groups is 1. The molecule has 1 saturated heterocycles. The first-order valence-electron chi connectivity index (χ1n) is 7.53. The molecule has 1 aliphatic heterocycles. The van der Waals surface area contributed by atoms with Gasteiger partial charge in [-0.3, -0.25) is 9.36 Å². The van der Waals surface area contributed by atoms with Gasteiger partial charge in [0.15, 0.2) is 5.16 Å². The highest BCUT2D eigenvalue weighted by Gasteiger charge is 2.36. The molecule has 7 heteroatoms. The first-order valence-corrected chi connectivity index (χ1v) is 8.41. The summed E-state index contributed by atoms with van der Waals surface area (Å²) in [5.41, 5.74) is 0. The minimum Gasteiger partial charge on any atom is -0.467 e. The van der Waals surface area contributed by atoms with Crippen molar-refractivity contribution >= 4 is 17.7 Å². The maximum Gasteiger partial charge on any atom is 0.319 e. The van der Waals surface area contributed by atoms with Crippen molar-refractivity contribution in [3.63, 3.8) is 0 Å². The number of esters is 1. The summed E-state index contributed by atoms with van der Waals surface area (Å²) >= 11 is 1.45. The van der Waals surface area contributed by atoms with Gasteiger partial charge in [0.2, 0.25) is 0 Å². The molecular formula is C15H17N3O3S. The second-order valence-corrected chi connectivity index (χ2v) is 7.04. The molecule has 0 spiro atoms. The van der Waals surface area contributed by atoms with Crippen molar-refractivity contribution in [3.8, 4) is 0 Å². The van der Waals surface area contributed by atoms with Gasteiger partial charge >= 0.3 is 5.97 Å². The number of carbonyl (C=O) groups excluding carboxylic acids is 1. The largest absolute Gasteiger partial charge is 0.467 e. The van der Waals surface area contributed by atoms with Crippen LogP contribution in [0.3, 0.4) is 0 Å². The number of ether oxygens (including phenoxy) is 1. The SMILES string of the molecule is CC1CC(Sc2nnc(C3CC3)n2Cc2ccco2)C(=O)O1. The lowest BCUT2D eigenvalue weighted by atomic mass is 10.3. The topological polar surface area (TPSA) is 70.2 Å². The third-order valence-corrected chi connectivity index (χ3v) is 5.14. The molecule has 6 nitrogen and oxygen atoms in total. The maximum atomic E-state index is 11.9. The summed E-state index contributed by atoms with van der Waals surface area (Å²) in [7, 11) is 0. The first-order chi connectivity index (χ1) is 10.7. The van der Waals surface area contributed by atoms with Crippen molar-refractivity contribution in [3.05, 3.63) is 30.0 Å². The van der Waals surface area contributed by atoms with Gasteiger partial charge < -0.3 is 9.15 Å². The van der Waals surface area contributed by atoms with Gasteiger partial charge in [-0.05, 0) is 31.9 Å². The summed E-state index contributed by atoms with van der Waals surface area (Å²) in [6.07, 6.45) is 4.68. The normalized spacial score (nSPS) is 24.7. The fraction of sp³-hybridized carbons (Fsp3) is 0.533. The Hall–Kier alpha value is -1.76. The molecule has 22 heavy (non-hydrogen) atoms. The van der Waals surface area contributed by atoms with Crippen molar-refractivity contribution in [1.82, 2.24) is 14.8 Å². The Morgan fingerprint density at radius 3 is 2.91 bits per heavy atom. The predicted octanol–water partition coefficient (Wildman–Crippen LogP) is 2.59. The van der Waals surface area contributed by atoms with E-state index in [9.17, 15) is 4.79 Å². The van der Waals surface area contributed by atoms with Crippen LogP contribution in [0.1, 0.15) is 43.7 Å². The zero-order valence-electron chi connectivity index (χ0n) is 12.3. The number of hydrogen-bond acceptors (Lipinski definition) is 6. The summed E-state index contributed by atoms with van der Waals surface area (Å²) in [4.78, 5) is 11.9. The van der Waals surface area contributed by atoms with Crippen LogP contribution in [0.2, 0.25) is 0 Å². The van der Waals surface area contributed by atoms with E-state index in [2.05, 4.69) is 14.8 Å². The van der Waals surface area contributed by atoms with E-state index in [0.29, 0.717) is 12.5 Å². The maximum absolute atomic E-state index is 11.9. The Bertz CT molecular complexity index is 678. The Morgan fingerprint density at radius 1 is 1.41 bits per heavy atom. The van der Waals surface area contributed by atoms with E-state index >= 15 is 0 Å². The molecule has 0 amide bonds. The van der Waals surface area contributed by atoms with Crippen molar-refractivity contribution < 1.29 is 13.9 Å². The minimum atomic E-state index is -0.193. The van der Waals surface area contributed by atoms with Crippen LogP contribution in [0.5, 0.6) is 0 Å². The molecule has 0 N–H and O–H groups in total. The molecule has 2 unspecified atom stereocenters. The number of nitrogens with zero attached hydrogens (tertiary/aromatic N) is 3. The second-order valence-electron chi connectivity index (χ2n) is 5.87. The Labute approximate surface area is 132 Å². The summed E-state index contributed by atoms with van der Waals surface area (Å²) < 4.78 is 12.8. The molecular weight excluding hydrogens is 302 g/mol. The van der Waals surface area contributed by atoms with E-state index in [1.165, 1.54) is 11.8 Å². The van der Waals surface area contributed by atoms with E-state index < -0.39 is 0 Å². The fourth-order valence-electron chi connectivity index (χ4n) is 2.68. The molecule has 2 aromatic heterocycles. The predicted molar refractivity (Wildman–Crippen MR) is 79.6 cm³/mol. The summed E-state index contributed by atoms with van der Waals surface area (Å²) in [5, 5.41) is 9.23. The average molecular weight is 319 g/mol. The molecule has 0 radical (unpaired) electrons. The van der Waals surface area contributed by atoms with Gasteiger partial charge in [0, 0.05) is 12.3 Å². The molecule has 1 saturated carbocycles. The quantitative estimate of drug-likeness (QED) is 0.789. The lowest BCUT2D eigenvalue weighted by Gasteiger charge is -2.09. The Kier molecular flexibility index (Phi) is 3.44. The van der Waals surface area contributed by atoms with Crippen LogP contribution in [0.25, 0.3) is 0 Å². The van der Waals surface area contributed by atoms with Gasteiger partial charge in [-0.25, -0.2) is 0 Å². The number of furan rings is 1. The monoisotopic (exact) mass is 319 g/mol. The molecule has 116 valence electrons. The van der Waals surface area contributed by atoms with Gasteiger partial charge in [-0.15, -0.1) is 10.2 Å². The summed E-state index contributed by atoms with van der Waals surface area (Å²) in [5.74, 6) is 2.20. The molecule has 3 heterocycles. The van der Waals surface area contributed by atoms with Crippen LogP contribution in [0.4, 0.5) is 0 Å². The Balaban J connectivity index is 1.60. The molecule has 2 fully saturated rings. The molecule has 4 rings (SSSR count). The molecule has 0 bridgehead atoms. The summed E-state index contributed by atoms with van der Waals surface area (Å²) in [6.45, 7) is 2.52. The third-order valence-electron chi connectivity index (χ3n) is 3.96. The van der Waals surface area contributed by atoms with Crippen LogP contribution in [-0.2, 0) is 16.1 Å². The molecule has 0 aromatic carbocycles. The zero-order valence-corrected chi connectivity index (χ0v) is 13.1. The first kappa shape index (κ1) is 13.9. The van der Waals surface area contributed by atoms with E-state index in [-0.39, 0.29) is 17.3 Å². The van der Waals surface area contributed by atoms with Crippen molar-refractivity contribution in [2.45, 2.75) is 55.2 Å². The van der Waals surface area contributed by atoms with Gasteiger partial charge in [0.1, 0.15) is 22.9 Å². The van der Waals surface area contributed by atoms with Crippen molar-refractivity contribution in [1.29, 1.82) is 0 Å². The van der Waals surface area contributed by atoms with E-state index in [1.54, 1.807) is 6.26 Å². The number of rotatable bonds is 5. The van der Waals surface area contributed by atoms with Gasteiger partial charge in [-0.2, -0.15) is 0 Å². The average Bonchev–Trinajstić information content (AvgIpc) is 2.90. The summed E-state index contributed by atoms with van der Waals surface area (Å²) in [6, 6.07) is 3.82. The number of cyclic esters (lactones) is 1. The standard InChI is InChI=1S/C15H17N3O3S/c1-9-7-12(14(19)21-9)22-15-17-16-13(10-4-5-10)18(15)8-11-3-2-6-20-11/h2-3,6,9-10,12H,4-5,7-8H2,1H3. The van der Waals surface area contributed by atoms with Gasteiger partial charge in [0.25, 0.3) is 0 Å². The highest BCUT2D eigenvalue weighted by molar-refractivity contribution is 8.00. The fourth-order valence-corrected chi connectivity index (χ4v) is 3.83. The molecule has 2 aromatic rings. The second kappa shape index (κ2) is 5.46. The van der Waals surface area contributed by atoms with E-state index in [4.69, 9.17) is 9.15 Å². The lowest BCUT2D eigenvalue weighted by molar-refractivity contribution is -0.140. The van der Waals surface area contributed by atoms with Crippen LogP contribution >= 0.6 is 11.8 Å². The molecule has 1 aliphatic carbocycles. The number of hydrogen-bond donors (Lipinski definition) is 0. The van der Waals surface area contributed by atoms with Crippen molar-refractivity contribution in [2.75, 3.05) is 0 Å². The van der Waals surface area contributed by atoms with Crippen molar-refractivity contribution in [2.24, 2.45) is 0 Å². The smallest absolute Gasteiger partial charge is 0.319 e. The van der Waals surface area contributed by atoms with Gasteiger partial charge in [0.05, 0.1) is 12.8 Å². The molecule has 2 atom stereocenters. The number of aromatic nitrogens is 3. The molecule has 2 aliphatic rings. The van der Waals surface area contributed by atoms with Crippen LogP contribution in [-0.4, -0.2) is 32.1 Å². The third kappa shape index (κ3) is 2.65. The van der Waals surface area contributed by atoms with Crippen LogP contribution in [0, 0.1) is 0 Å². The van der Waals surface area contributed by atoms with E-state index in [1.807, 2.05) is 19.1 Å². The highest BCUT2D eigenvalue weighted by atomic mass is 32.2. The van der Waals surface area contributed by atoms with E-state index in [0.717, 1.165) is 36.0 Å². The minimum absolute atomic E-state index is 0.0191. The van der Waals surface area contributed by atoms with Gasteiger partial charge in [-0.1, -0.05) is 11.8 Å². The van der Waals surface area contributed by atoms with Crippen LogP contribution in [0.15, 0.2) is 28.0 Å².